The van der Waals surface area contributed by atoms with Crippen LogP contribution in [-0.4, -0.2) is 41.9 Å². The van der Waals surface area contributed by atoms with Gasteiger partial charge in [-0.05, 0) is 39.5 Å². The molecule has 0 aliphatic rings. The van der Waals surface area contributed by atoms with Crippen molar-refractivity contribution in [3.05, 3.63) is 0 Å². The van der Waals surface area contributed by atoms with E-state index in [0.29, 0.717) is 19.4 Å². The van der Waals surface area contributed by atoms with Gasteiger partial charge in [0.2, 0.25) is 5.91 Å². The van der Waals surface area contributed by atoms with Gasteiger partial charge in [-0.1, -0.05) is 34.6 Å². The molecule has 0 bridgehead atoms. The summed E-state index contributed by atoms with van der Waals surface area (Å²) in [4.78, 5) is 36.4. The van der Waals surface area contributed by atoms with Crippen molar-refractivity contribution in [3.8, 4) is 0 Å². The molecule has 0 heterocycles. The predicted octanol–water partition coefficient (Wildman–Crippen LogP) is 1.95. The van der Waals surface area contributed by atoms with Gasteiger partial charge in [-0.25, -0.2) is 4.79 Å². The zero-order chi connectivity index (χ0) is 20.7. The van der Waals surface area contributed by atoms with E-state index in [9.17, 15) is 14.4 Å². The van der Waals surface area contributed by atoms with Crippen LogP contribution in [0.15, 0.2) is 0 Å². The van der Waals surface area contributed by atoms with E-state index < -0.39 is 23.5 Å². The molecule has 0 rings (SSSR count). The molecule has 152 valence electrons. The predicted molar refractivity (Wildman–Crippen MR) is 105 cm³/mol. The van der Waals surface area contributed by atoms with Gasteiger partial charge in [-0.3, -0.25) is 9.59 Å². The zero-order valence-electron chi connectivity index (χ0n) is 17.7. The minimum absolute atomic E-state index is 0.0248. The molecule has 0 radical (unpaired) electrons. The molecule has 0 aromatic heterocycles. The Morgan fingerprint density at radius 2 is 1.54 bits per heavy atom. The van der Waals surface area contributed by atoms with E-state index in [1.807, 2.05) is 55.4 Å². The molecule has 0 aliphatic heterocycles. The van der Waals surface area contributed by atoms with Crippen molar-refractivity contribution in [2.45, 2.75) is 85.9 Å². The highest BCUT2D eigenvalue weighted by molar-refractivity contribution is 5.93. The van der Waals surface area contributed by atoms with Crippen LogP contribution in [0.2, 0.25) is 0 Å². The molecule has 7 nitrogen and oxygen atoms in total. The highest BCUT2D eigenvalue weighted by Gasteiger charge is 2.33. The number of carbonyl (C=O) groups is 3. The molecule has 0 aromatic carbocycles. The van der Waals surface area contributed by atoms with Crippen LogP contribution in [0.25, 0.3) is 0 Å². The largest absolute Gasteiger partial charge is 0.352 e. The smallest absolute Gasteiger partial charge is 0.312 e. The fourth-order valence-corrected chi connectivity index (χ4v) is 2.57. The standard InChI is InChI=1S/C19H38N4O3/c1-12(2)14(23-19(6,7)8)16(25)22-13(15(24)18(3,4)5)10-9-11-21-17(20)26/h12-14,23H,9-11H2,1-8H3,(H,22,25)(H3,20,21,26)/t13-,14-/m0/s1. The maximum absolute atomic E-state index is 12.8. The first-order valence-corrected chi connectivity index (χ1v) is 9.31. The number of primary amides is 1. The van der Waals surface area contributed by atoms with Crippen molar-refractivity contribution < 1.29 is 14.4 Å². The van der Waals surface area contributed by atoms with Gasteiger partial charge in [0, 0.05) is 17.5 Å². The van der Waals surface area contributed by atoms with Crippen LogP contribution >= 0.6 is 0 Å². The summed E-state index contributed by atoms with van der Waals surface area (Å²) in [6.45, 7) is 15.8. The third kappa shape index (κ3) is 9.75. The quantitative estimate of drug-likeness (QED) is 0.465. The van der Waals surface area contributed by atoms with Crippen molar-refractivity contribution in [2.24, 2.45) is 17.1 Å². The Morgan fingerprint density at radius 3 is 1.92 bits per heavy atom. The van der Waals surface area contributed by atoms with Crippen molar-refractivity contribution in [3.63, 3.8) is 0 Å². The Morgan fingerprint density at radius 1 is 1.00 bits per heavy atom. The number of amides is 3. The summed E-state index contributed by atoms with van der Waals surface area (Å²) in [6.07, 6.45) is 0.997. The summed E-state index contributed by atoms with van der Waals surface area (Å²) in [5, 5.41) is 8.75. The van der Waals surface area contributed by atoms with Crippen LogP contribution in [-0.2, 0) is 9.59 Å². The minimum atomic E-state index is -0.597. The minimum Gasteiger partial charge on any atom is -0.352 e. The lowest BCUT2D eigenvalue weighted by atomic mass is 9.84. The molecule has 0 aliphatic carbocycles. The number of nitrogens with two attached hydrogens (primary N) is 1. The number of carbonyl (C=O) groups excluding carboxylic acids is 3. The molecule has 0 fully saturated rings. The fourth-order valence-electron chi connectivity index (χ4n) is 2.57. The van der Waals surface area contributed by atoms with Crippen LogP contribution in [0, 0.1) is 11.3 Å². The maximum Gasteiger partial charge on any atom is 0.312 e. The van der Waals surface area contributed by atoms with E-state index in [1.165, 1.54) is 0 Å². The van der Waals surface area contributed by atoms with Gasteiger partial charge in [-0.2, -0.15) is 0 Å². The maximum atomic E-state index is 12.8. The molecule has 0 saturated heterocycles. The molecule has 2 atom stereocenters. The molecular formula is C19H38N4O3. The Bertz CT molecular complexity index is 490. The third-order valence-corrected chi connectivity index (χ3v) is 3.88. The summed E-state index contributed by atoms with van der Waals surface area (Å²) >= 11 is 0. The lowest BCUT2D eigenvalue weighted by molar-refractivity contribution is -0.134. The van der Waals surface area contributed by atoms with Crippen molar-refractivity contribution in [2.75, 3.05) is 6.54 Å². The van der Waals surface area contributed by atoms with E-state index in [-0.39, 0.29) is 23.1 Å². The number of rotatable bonds is 9. The normalized spacial score (nSPS) is 14.7. The number of nitrogens with one attached hydrogen (secondary N) is 3. The summed E-state index contributed by atoms with van der Waals surface area (Å²) in [6, 6.07) is -1.59. The lowest BCUT2D eigenvalue weighted by Crippen LogP contribution is -2.57. The van der Waals surface area contributed by atoms with Crippen LogP contribution < -0.4 is 21.7 Å². The fraction of sp³-hybridized carbons (Fsp3) is 0.842. The summed E-state index contributed by atoms with van der Waals surface area (Å²) in [7, 11) is 0. The highest BCUT2D eigenvalue weighted by atomic mass is 16.2. The van der Waals surface area contributed by atoms with Gasteiger partial charge >= 0.3 is 6.03 Å². The SMILES string of the molecule is CC(C)[C@H](NC(C)(C)C)C(=O)N[C@@H](CCCNC(N)=O)C(=O)C(C)(C)C. The van der Waals surface area contributed by atoms with Crippen LogP contribution in [0.1, 0.15) is 68.2 Å². The van der Waals surface area contributed by atoms with Crippen molar-refractivity contribution in [1.82, 2.24) is 16.0 Å². The molecule has 0 saturated carbocycles. The van der Waals surface area contributed by atoms with Crippen LogP contribution in [0.3, 0.4) is 0 Å². The first-order valence-electron chi connectivity index (χ1n) is 9.31. The third-order valence-electron chi connectivity index (χ3n) is 3.88. The number of Topliss-reactive ketones (excluding diaryl/α,β-unsaturated/α-hetero) is 1. The Kier molecular flexibility index (Phi) is 9.28. The molecular weight excluding hydrogens is 332 g/mol. The van der Waals surface area contributed by atoms with Crippen LogP contribution in [0.5, 0.6) is 0 Å². The molecule has 5 N–H and O–H groups in total. The van der Waals surface area contributed by atoms with Gasteiger partial charge in [0.25, 0.3) is 0 Å². The second kappa shape index (κ2) is 9.90. The molecule has 0 unspecified atom stereocenters. The van der Waals surface area contributed by atoms with Gasteiger partial charge < -0.3 is 21.7 Å². The first-order chi connectivity index (χ1) is 11.6. The van der Waals surface area contributed by atoms with Gasteiger partial charge in [0.15, 0.2) is 5.78 Å². The van der Waals surface area contributed by atoms with Crippen molar-refractivity contribution >= 4 is 17.7 Å². The summed E-state index contributed by atoms with van der Waals surface area (Å²) in [5.74, 6) is -0.125. The highest BCUT2D eigenvalue weighted by Crippen LogP contribution is 2.19. The number of hydrogen-bond donors (Lipinski definition) is 4. The second-order valence-electron chi connectivity index (χ2n) is 9.22. The molecule has 7 heteroatoms. The number of hydrogen-bond acceptors (Lipinski definition) is 4. The number of ketones is 1. The first kappa shape index (κ1) is 24.4. The van der Waals surface area contributed by atoms with Gasteiger partial charge in [0.05, 0.1) is 12.1 Å². The Labute approximate surface area is 158 Å². The Hall–Kier alpha value is -1.63. The monoisotopic (exact) mass is 370 g/mol. The van der Waals surface area contributed by atoms with Crippen LogP contribution in [0.4, 0.5) is 4.79 Å². The lowest BCUT2D eigenvalue weighted by Gasteiger charge is -2.32. The molecule has 3 amide bonds. The molecule has 0 spiro atoms. The average molecular weight is 371 g/mol. The summed E-state index contributed by atoms with van der Waals surface area (Å²) in [5.41, 5.74) is 4.27. The van der Waals surface area contributed by atoms with E-state index in [2.05, 4.69) is 16.0 Å². The van der Waals surface area contributed by atoms with E-state index >= 15 is 0 Å². The topological polar surface area (TPSA) is 113 Å². The van der Waals surface area contributed by atoms with E-state index in [0.717, 1.165) is 0 Å². The Balaban J connectivity index is 5.14. The van der Waals surface area contributed by atoms with Crippen molar-refractivity contribution in [1.29, 1.82) is 0 Å². The summed E-state index contributed by atoms with van der Waals surface area (Å²) < 4.78 is 0. The van der Waals surface area contributed by atoms with E-state index in [4.69, 9.17) is 5.73 Å². The average Bonchev–Trinajstić information content (AvgIpc) is 2.44. The zero-order valence-corrected chi connectivity index (χ0v) is 17.7. The molecule has 0 aromatic rings. The number of urea groups is 1. The van der Waals surface area contributed by atoms with Gasteiger partial charge in [0.1, 0.15) is 0 Å². The van der Waals surface area contributed by atoms with Gasteiger partial charge in [-0.15, -0.1) is 0 Å². The second-order valence-corrected chi connectivity index (χ2v) is 9.22. The van der Waals surface area contributed by atoms with E-state index in [1.54, 1.807) is 0 Å². The molecule has 26 heavy (non-hydrogen) atoms.